The van der Waals surface area contributed by atoms with E-state index >= 15 is 0 Å². The van der Waals surface area contributed by atoms with Crippen molar-refractivity contribution in [2.75, 3.05) is 5.32 Å². The lowest BCUT2D eigenvalue weighted by atomic mass is 10.0. The summed E-state index contributed by atoms with van der Waals surface area (Å²) in [6.07, 6.45) is 0. The Hall–Kier alpha value is -1.61. The lowest BCUT2D eigenvalue weighted by molar-refractivity contribution is 0.852. The summed E-state index contributed by atoms with van der Waals surface area (Å²) in [5.74, 6) is 0.727. The summed E-state index contributed by atoms with van der Waals surface area (Å²) >= 11 is 5.69. The molecule has 0 amide bonds. The minimum atomic E-state index is 0.187. The van der Waals surface area contributed by atoms with Gasteiger partial charge in [0.1, 0.15) is 5.82 Å². The third kappa shape index (κ3) is 2.94. The van der Waals surface area contributed by atoms with Gasteiger partial charge in [0, 0.05) is 0 Å². The predicted octanol–water partition coefficient (Wildman–Crippen LogP) is 3.61. The average Bonchev–Trinajstić information content (AvgIpc) is 2.32. The molecular formula is C13H14ClN3. The lowest BCUT2D eigenvalue weighted by Gasteiger charge is -2.16. The highest BCUT2D eigenvalue weighted by atomic mass is 35.5. The van der Waals surface area contributed by atoms with Gasteiger partial charge in [0.15, 0.2) is 5.15 Å². The largest absolute Gasteiger partial charge is 0.362 e. The molecule has 0 saturated heterocycles. The molecule has 0 aliphatic carbocycles. The van der Waals surface area contributed by atoms with E-state index in [1.165, 1.54) is 11.1 Å². The summed E-state index contributed by atoms with van der Waals surface area (Å²) < 4.78 is 0. The van der Waals surface area contributed by atoms with Crippen LogP contribution in [0.3, 0.4) is 0 Å². The van der Waals surface area contributed by atoms with Crippen LogP contribution in [0.25, 0.3) is 0 Å². The van der Waals surface area contributed by atoms with E-state index in [2.05, 4.69) is 41.5 Å². The van der Waals surface area contributed by atoms with Gasteiger partial charge in [-0.1, -0.05) is 35.9 Å². The Bertz CT molecular complexity index is 496. The fourth-order valence-electron chi connectivity index (χ4n) is 1.77. The van der Waals surface area contributed by atoms with Crippen molar-refractivity contribution in [1.29, 1.82) is 0 Å². The van der Waals surface area contributed by atoms with E-state index in [-0.39, 0.29) is 6.04 Å². The van der Waals surface area contributed by atoms with E-state index in [1.807, 2.05) is 18.2 Å². The molecule has 0 saturated carbocycles. The van der Waals surface area contributed by atoms with Crippen LogP contribution in [0.4, 0.5) is 5.82 Å². The Labute approximate surface area is 106 Å². The summed E-state index contributed by atoms with van der Waals surface area (Å²) in [7, 11) is 0. The lowest BCUT2D eigenvalue weighted by Crippen LogP contribution is -2.09. The van der Waals surface area contributed by atoms with Crippen LogP contribution in [0.1, 0.15) is 24.1 Å². The van der Waals surface area contributed by atoms with Gasteiger partial charge in [-0.05, 0) is 37.1 Å². The molecule has 2 rings (SSSR count). The maximum absolute atomic E-state index is 5.69. The Balaban J connectivity index is 2.14. The van der Waals surface area contributed by atoms with Crippen molar-refractivity contribution < 1.29 is 0 Å². The molecule has 2 aromatic rings. The normalized spacial score (nSPS) is 12.2. The van der Waals surface area contributed by atoms with Crippen LogP contribution in [0.5, 0.6) is 0 Å². The predicted molar refractivity (Wildman–Crippen MR) is 70.3 cm³/mol. The molecule has 0 spiro atoms. The Morgan fingerprint density at radius 2 is 1.88 bits per heavy atom. The number of nitrogens with one attached hydrogen (secondary N) is 1. The second kappa shape index (κ2) is 5.15. The van der Waals surface area contributed by atoms with Crippen molar-refractivity contribution in [2.45, 2.75) is 19.9 Å². The molecule has 4 heteroatoms. The fraction of sp³-hybridized carbons (Fsp3) is 0.231. The first-order chi connectivity index (χ1) is 8.16. The van der Waals surface area contributed by atoms with E-state index in [1.54, 1.807) is 6.07 Å². The highest BCUT2D eigenvalue weighted by Crippen LogP contribution is 2.20. The van der Waals surface area contributed by atoms with Crippen molar-refractivity contribution in [2.24, 2.45) is 0 Å². The maximum atomic E-state index is 5.69. The number of aromatic nitrogens is 2. The van der Waals surface area contributed by atoms with Crippen molar-refractivity contribution >= 4 is 17.4 Å². The molecule has 1 aromatic heterocycles. The average molecular weight is 248 g/mol. The Kier molecular flexibility index (Phi) is 3.59. The number of hydrogen-bond donors (Lipinski definition) is 1. The quantitative estimate of drug-likeness (QED) is 0.900. The summed E-state index contributed by atoms with van der Waals surface area (Å²) in [6, 6.07) is 12.0. The maximum Gasteiger partial charge on any atom is 0.151 e. The highest BCUT2D eigenvalue weighted by Gasteiger charge is 2.08. The van der Waals surface area contributed by atoms with Gasteiger partial charge >= 0.3 is 0 Å². The molecule has 88 valence electrons. The summed E-state index contributed by atoms with van der Waals surface area (Å²) in [5.41, 5.74) is 2.51. The fourth-order valence-corrected chi connectivity index (χ4v) is 1.87. The van der Waals surface area contributed by atoms with E-state index in [9.17, 15) is 0 Å². The van der Waals surface area contributed by atoms with Crippen molar-refractivity contribution in [3.05, 3.63) is 52.7 Å². The topological polar surface area (TPSA) is 37.8 Å². The Morgan fingerprint density at radius 3 is 2.53 bits per heavy atom. The van der Waals surface area contributed by atoms with Crippen LogP contribution in [0, 0.1) is 6.92 Å². The molecule has 1 heterocycles. The van der Waals surface area contributed by atoms with Crippen molar-refractivity contribution in [1.82, 2.24) is 10.2 Å². The van der Waals surface area contributed by atoms with Crippen LogP contribution < -0.4 is 5.32 Å². The van der Waals surface area contributed by atoms with Gasteiger partial charge in [-0.15, -0.1) is 10.2 Å². The molecule has 3 nitrogen and oxygen atoms in total. The molecular weight excluding hydrogens is 234 g/mol. The molecule has 0 radical (unpaired) electrons. The van der Waals surface area contributed by atoms with Crippen molar-refractivity contribution in [3.63, 3.8) is 0 Å². The first-order valence-electron chi connectivity index (χ1n) is 5.48. The standard InChI is InChI=1S/C13H14ClN3/c1-9-5-3-4-6-11(9)10(2)15-13-8-7-12(14)16-17-13/h3-8,10H,1-2H3,(H,15,17). The first kappa shape index (κ1) is 11.9. The van der Waals surface area contributed by atoms with Crippen molar-refractivity contribution in [3.8, 4) is 0 Å². The number of rotatable bonds is 3. The van der Waals surface area contributed by atoms with Crippen LogP contribution in [0.15, 0.2) is 36.4 Å². The van der Waals surface area contributed by atoms with Gasteiger partial charge in [0.25, 0.3) is 0 Å². The van der Waals surface area contributed by atoms with Gasteiger partial charge in [0.05, 0.1) is 6.04 Å². The molecule has 0 aliphatic rings. The monoisotopic (exact) mass is 247 g/mol. The number of hydrogen-bond acceptors (Lipinski definition) is 3. The van der Waals surface area contributed by atoms with Gasteiger partial charge in [-0.2, -0.15) is 0 Å². The molecule has 0 bridgehead atoms. The van der Waals surface area contributed by atoms with Crippen LogP contribution >= 0.6 is 11.6 Å². The first-order valence-corrected chi connectivity index (χ1v) is 5.86. The van der Waals surface area contributed by atoms with Gasteiger partial charge in [-0.3, -0.25) is 0 Å². The SMILES string of the molecule is Cc1ccccc1C(C)Nc1ccc(Cl)nn1. The molecule has 1 unspecified atom stereocenters. The number of nitrogens with zero attached hydrogens (tertiary/aromatic N) is 2. The zero-order valence-electron chi connectivity index (χ0n) is 9.81. The number of benzene rings is 1. The van der Waals surface area contributed by atoms with Crippen LogP contribution in [-0.2, 0) is 0 Å². The molecule has 1 N–H and O–H groups in total. The zero-order valence-corrected chi connectivity index (χ0v) is 10.6. The second-order valence-corrected chi connectivity index (χ2v) is 4.35. The summed E-state index contributed by atoms with van der Waals surface area (Å²) in [6.45, 7) is 4.19. The molecule has 1 aromatic carbocycles. The number of anilines is 1. The minimum absolute atomic E-state index is 0.187. The van der Waals surface area contributed by atoms with Gasteiger partial charge in [0.2, 0.25) is 0 Å². The third-order valence-corrected chi connectivity index (χ3v) is 2.85. The van der Waals surface area contributed by atoms with Crippen LogP contribution in [0.2, 0.25) is 5.15 Å². The molecule has 0 aliphatic heterocycles. The van der Waals surface area contributed by atoms with E-state index in [0.29, 0.717) is 5.15 Å². The van der Waals surface area contributed by atoms with Gasteiger partial charge < -0.3 is 5.32 Å². The summed E-state index contributed by atoms with van der Waals surface area (Å²) in [4.78, 5) is 0. The number of aryl methyl sites for hydroxylation is 1. The van der Waals surface area contributed by atoms with E-state index < -0.39 is 0 Å². The zero-order chi connectivity index (χ0) is 12.3. The third-order valence-electron chi connectivity index (χ3n) is 2.65. The van der Waals surface area contributed by atoms with Gasteiger partial charge in [-0.25, -0.2) is 0 Å². The summed E-state index contributed by atoms with van der Waals surface area (Å²) in [5, 5.41) is 11.5. The number of halogens is 1. The van der Waals surface area contributed by atoms with E-state index in [0.717, 1.165) is 5.82 Å². The van der Waals surface area contributed by atoms with Crippen LogP contribution in [-0.4, -0.2) is 10.2 Å². The highest BCUT2D eigenvalue weighted by molar-refractivity contribution is 6.29. The molecule has 0 fully saturated rings. The minimum Gasteiger partial charge on any atom is -0.362 e. The molecule has 1 atom stereocenters. The Morgan fingerprint density at radius 1 is 1.12 bits per heavy atom. The molecule has 17 heavy (non-hydrogen) atoms. The smallest absolute Gasteiger partial charge is 0.151 e. The van der Waals surface area contributed by atoms with E-state index in [4.69, 9.17) is 11.6 Å². The second-order valence-electron chi connectivity index (χ2n) is 3.96.